The number of benzene rings is 2. The number of ether oxygens (including phenoxy) is 2. The molecule has 0 radical (unpaired) electrons. The predicted octanol–water partition coefficient (Wildman–Crippen LogP) is 3.02. The molecule has 2 aromatic rings. The monoisotopic (exact) mass is 643 g/mol. The van der Waals surface area contributed by atoms with Gasteiger partial charge in [0.05, 0.1) is 19.1 Å². The van der Waals surface area contributed by atoms with Crippen LogP contribution >= 0.6 is 0 Å². The minimum absolute atomic E-state index is 0.0295. The lowest BCUT2D eigenvalue weighted by Crippen LogP contribution is -2.59. The van der Waals surface area contributed by atoms with Gasteiger partial charge in [0.2, 0.25) is 17.7 Å². The summed E-state index contributed by atoms with van der Waals surface area (Å²) >= 11 is 0. The molecule has 3 amide bonds. The predicted molar refractivity (Wildman–Crippen MR) is 181 cm³/mol. The molecular formula is C37H49N5O5. The van der Waals surface area contributed by atoms with Crippen molar-refractivity contribution in [1.29, 1.82) is 0 Å². The van der Waals surface area contributed by atoms with Gasteiger partial charge in [-0.3, -0.25) is 19.3 Å². The summed E-state index contributed by atoms with van der Waals surface area (Å²) in [5.74, 6) is 0.976. The van der Waals surface area contributed by atoms with E-state index in [0.29, 0.717) is 58.5 Å². The average Bonchev–Trinajstić information content (AvgIpc) is 3.11. The third kappa shape index (κ3) is 8.16. The third-order valence-corrected chi connectivity index (χ3v) is 10.5. The van der Waals surface area contributed by atoms with Crippen LogP contribution in [-0.2, 0) is 25.5 Å². The molecule has 47 heavy (non-hydrogen) atoms. The number of likely N-dealkylation sites (tertiary alicyclic amines) is 1. The molecule has 0 aliphatic carbocycles. The number of allylic oxidation sites excluding steroid dienone is 2. The normalized spacial score (nSPS) is 26.3. The molecule has 10 heteroatoms. The van der Waals surface area contributed by atoms with Crippen molar-refractivity contribution in [3.8, 4) is 5.75 Å². The van der Waals surface area contributed by atoms with Gasteiger partial charge in [0.1, 0.15) is 11.8 Å². The lowest BCUT2D eigenvalue weighted by Gasteiger charge is -2.41. The van der Waals surface area contributed by atoms with Gasteiger partial charge in [-0.15, -0.1) is 0 Å². The molecule has 4 aliphatic heterocycles. The van der Waals surface area contributed by atoms with Crippen LogP contribution in [0.4, 0.5) is 5.69 Å². The van der Waals surface area contributed by atoms with Gasteiger partial charge in [0, 0.05) is 70.6 Å². The molecule has 0 saturated carbocycles. The number of hydrogen-bond donors (Lipinski definition) is 2. The van der Waals surface area contributed by atoms with Crippen molar-refractivity contribution >= 4 is 23.4 Å². The Kier molecular flexibility index (Phi) is 10.8. The number of methoxy groups -OCH3 is 1. The van der Waals surface area contributed by atoms with Gasteiger partial charge >= 0.3 is 0 Å². The summed E-state index contributed by atoms with van der Waals surface area (Å²) in [5.41, 5.74) is 1.58. The zero-order valence-corrected chi connectivity index (χ0v) is 27.6. The summed E-state index contributed by atoms with van der Waals surface area (Å²) < 4.78 is 10.9. The van der Waals surface area contributed by atoms with Crippen LogP contribution < -0.4 is 20.3 Å². The highest BCUT2D eigenvalue weighted by Gasteiger charge is 2.41. The molecule has 0 unspecified atom stereocenters. The fourth-order valence-electron chi connectivity index (χ4n) is 7.50. The molecule has 3 saturated heterocycles. The number of fused-ring (bicyclic) bond motifs is 1. The van der Waals surface area contributed by atoms with Crippen LogP contribution in [0.2, 0.25) is 0 Å². The van der Waals surface area contributed by atoms with Crippen LogP contribution in [0.3, 0.4) is 0 Å². The van der Waals surface area contributed by atoms with Gasteiger partial charge < -0.3 is 29.9 Å². The molecule has 3 atom stereocenters. The maximum atomic E-state index is 13.9. The molecule has 252 valence electrons. The van der Waals surface area contributed by atoms with Crippen molar-refractivity contribution < 1.29 is 23.9 Å². The zero-order valence-electron chi connectivity index (χ0n) is 27.6. The Bertz CT molecular complexity index is 1390. The molecule has 1 spiro atoms. The second kappa shape index (κ2) is 15.3. The Morgan fingerprint density at radius 1 is 0.936 bits per heavy atom. The largest absolute Gasteiger partial charge is 0.497 e. The minimum atomic E-state index is -0.662. The number of rotatable bonds is 6. The van der Waals surface area contributed by atoms with Gasteiger partial charge in [-0.1, -0.05) is 42.5 Å². The number of carbonyl (C=O) groups is 3. The van der Waals surface area contributed by atoms with Crippen molar-refractivity contribution in [1.82, 2.24) is 20.4 Å². The van der Waals surface area contributed by atoms with E-state index in [1.807, 2.05) is 47.4 Å². The summed E-state index contributed by atoms with van der Waals surface area (Å²) in [6.07, 6.45) is 8.22. The van der Waals surface area contributed by atoms with Gasteiger partial charge in [0.15, 0.2) is 0 Å². The molecular weight excluding hydrogens is 594 g/mol. The zero-order chi connectivity index (χ0) is 32.6. The van der Waals surface area contributed by atoms with E-state index in [0.717, 1.165) is 56.0 Å². The highest BCUT2D eigenvalue weighted by atomic mass is 16.5. The Hall–Kier alpha value is -3.89. The highest BCUT2D eigenvalue weighted by molar-refractivity contribution is 5.90. The molecule has 10 nitrogen and oxygen atoms in total. The average molecular weight is 644 g/mol. The van der Waals surface area contributed by atoms with Crippen molar-refractivity contribution in [3.63, 3.8) is 0 Å². The lowest BCUT2D eigenvalue weighted by molar-refractivity contribution is -0.140. The summed E-state index contributed by atoms with van der Waals surface area (Å²) in [6.45, 7) is 5.95. The number of nitrogens with one attached hydrogen (secondary N) is 2. The van der Waals surface area contributed by atoms with Crippen molar-refractivity contribution in [2.75, 3.05) is 71.0 Å². The maximum absolute atomic E-state index is 13.9. The molecule has 0 bridgehead atoms. The van der Waals surface area contributed by atoms with Crippen LogP contribution in [0.5, 0.6) is 5.75 Å². The molecule has 0 aromatic heterocycles. The number of hydrogen-bond acceptors (Lipinski definition) is 7. The van der Waals surface area contributed by atoms with Crippen LogP contribution in [0.1, 0.15) is 37.7 Å². The molecule has 4 aliphatic rings. The van der Waals surface area contributed by atoms with E-state index in [1.54, 1.807) is 7.11 Å². The highest BCUT2D eigenvalue weighted by Crippen LogP contribution is 2.36. The first-order valence-corrected chi connectivity index (χ1v) is 17.2. The molecule has 2 N–H and O–H groups in total. The molecule has 6 rings (SSSR count). The quantitative estimate of drug-likeness (QED) is 0.467. The number of carbonyl (C=O) groups excluding carboxylic acids is 3. The summed E-state index contributed by atoms with van der Waals surface area (Å²) in [7, 11) is 1.67. The number of amides is 3. The van der Waals surface area contributed by atoms with E-state index >= 15 is 0 Å². The fraction of sp³-hybridized carbons (Fsp3) is 0.541. The van der Waals surface area contributed by atoms with Crippen molar-refractivity contribution in [2.45, 2.75) is 50.6 Å². The lowest BCUT2D eigenvalue weighted by atomic mass is 9.75. The van der Waals surface area contributed by atoms with E-state index < -0.39 is 11.5 Å². The standard InChI is InChI=1S/C37H49N5O5/c1-46-31-12-10-30(11-13-31)41-19-21-42(22-20-41)34(43)27-40-18-14-32-29(26-40)9-5-6-15-37(16-23-47-24-17-37)36(45)39-33(35(44)38-32)25-28-7-3-2-4-8-28/h2-8,10-13,29,32-33H,9,14-27H2,1H3,(H,38,44)(H,39,45)/b6-5+/t29-,32+,33-/m1/s1. The van der Waals surface area contributed by atoms with E-state index in [4.69, 9.17) is 9.47 Å². The minimum Gasteiger partial charge on any atom is -0.497 e. The van der Waals surface area contributed by atoms with Gasteiger partial charge in [-0.25, -0.2) is 0 Å². The fourth-order valence-corrected chi connectivity index (χ4v) is 7.50. The first-order chi connectivity index (χ1) is 22.9. The van der Waals surface area contributed by atoms with Crippen LogP contribution in [0.25, 0.3) is 0 Å². The Labute approximate surface area is 278 Å². The number of anilines is 1. The summed E-state index contributed by atoms with van der Waals surface area (Å²) in [6, 6.07) is 17.3. The van der Waals surface area contributed by atoms with E-state index in [-0.39, 0.29) is 29.7 Å². The first-order valence-electron chi connectivity index (χ1n) is 17.2. The first kappa shape index (κ1) is 33.0. The van der Waals surface area contributed by atoms with Gasteiger partial charge in [-0.05, 0) is 67.9 Å². The third-order valence-electron chi connectivity index (χ3n) is 10.5. The topological polar surface area (TPSA) is 103 Å². The maximum Gasteiger partial charge on any atom is 0.243 e. The second-order valence-corrected chi connectivity index (χ2v) is 13.5. The van der Waals surface area contributed by atoms with Crippen LogP contribution in [0.15, 0.2) is 66.7 Å². The number of nitrogens with zero attached hydrogens (tertiary/aromatic N) is 3. The smallest absolute Gasteiger partial charge is 0.243 e. The number of piperazine rings is 1. The van der Waals surface area contributed by atoms with Gasteiger partial charge in [-0.2, -0.15) is 0 Å². The van der Waals surface area contributed by atoms with E-state index in [9.17, 15) is 14.4 Å². The van der Waals surface area contributed by atoms with Crippen molar-refractivity contribution in [3.05, 3.63) is 72.3 Å². The Morgan fingerprint density at radius 3 is 2.40 bits per heavy atom. The van der Waals surface area contributed by atoms with Crippen molar-refractivity contribution in [2.24, 2.45) is 11.3 Å². The molecule has 3 fully saturated rings. The SMILES string of the molecule is COc1ccc(N2CCN(C(=O)CN3CC[C@@H]4NC(=O)[C@@H](Cc5ccccc5)NC(=O)C5(C/C=C/C[C@@H]4C3)CCOCC5)CC2)cc1. The Morgan fingerprint density at radius 2 is 1.68 bits per heavy atom. The summed E-state index contributed by atoms with van der Waals surface area (Å²) in [5, 5.41) is 6.51. The van der Waals surface area contributed by atoms with Crippen LogP contribution in [0, 0.1) is 11.3 Å². The Balaban J connectivity index is 1.10. The molecule has 2 aromatic carbocycles. The van der Waals surface area contributed by atoms with E-state index in [2.05, 4.69) is 44.7 Å². The summed E-state index contributed by atoms with van der Waals surface area (Å²) in [4.78, 5) is 47.7. The molecule has 4 heterocycles. The second-order valence-electron chi connectivity index (χ2n) is 13.5. The number of piperidine rings is 1. The van der Waals surface area contributed by atoms with E-state index in [1.165, 1.54) is 0 Å². The van der Waals surface area contributed by atoms with Gasteiger partial charge in [0.25, 0.3) is 0 Å². The van der Waals surface area contributed by atoms with Crippen LogP contribution in [-0.4, -0.2) is 106 Å².